The Morgan fingerprint density at radius 1 is 1.09 bits per heavy atom. The van der Waals surface area contributed by atoms with Gasteiger partial charge in [0.05, 0.1) is 61.4 Å². The molecule has 1 aliphatic heterocycles. The molecule has 1 saturated heterocycles. The number of rotatable bonds is 10. The molecule has 0 bridgehead atoms. The Morgan fingerprint density at radius 2 is 1.87 bits per heavy atom. The van der Waals surface area contributed by atoms with Gasteiger partial charge in [0.2, 0.25) is 11.7 Å². The van der Waals surface area contributed by atoms with Gasteiger partial charge in [0, 0.05) is 36.0 Å². The number of allylic oxidation sites excluding steroid dienone is 1. The average Bonchev–Trinajstić information content (AvgIpc) is 3.11. The molecule has 0 saturated carbocycles. The van der Waals surface area contributed by atoms with Crippen molar-refractivity contribution in [2.75, 3.05) is 20.3 Å². The second-order valence-electron chi connectivity index (χ2n) is 14.5. The van der Waals surface area contributed by atoms with Crippen molar-refractivity contribution in [3.63, 3.8) is 0 Å². The zero-order chi connectivity index (χ0) is 38.0. The molecule has 1 heterocycles. The molecule has 6 rings (SSSR count). The molecule has 3 aliphatic carbocycles. The lowest BCUT2D eigenvalue weighted by atomic mass is 9.71. The molecular formula is C39H49N3O11. The van der Waals surface area contributed by atoms with Gasteiger partial charge < -0.3 is 45.1 Å². The van der Waals surface area contributed by atoms with E-state index in [9.17, 15) is 34.8 Å². The van der Waals surface area contributed by atoms with Gasteiger partial charge in [-0.15, -0.1) is 0 Å². The summed E-state index contributed by atoms with van der Waals surface area (Å²) in [7, 11) is 1.35. The van der Waals surface area contributed by atoms with E-state index in [0.717, 1.165) is 32.1 Å². The number of hydrogen-bond donors (Lipinski definition) is 6. The fourth-order valence-corrected chi connectivity index (χ4v) is 7.76. The maximum absolute atomic E-state index is 14.0. The van der Waals surface area contributed by atoms with Crippen LogP contribution in [0.1, 0.15) is 114 Å². The summed E-state index contributed by atoms with van der Waals surface area (Å²) in [5.41, 5.74) is 5.23. The van der Waals surface area contributed by atoms with Crippen molar-refractivity contribution in [3.05, 3.63) is 63.7 Å². The molecular weight excluding hydrogens is 686 g/mol. The third-order valence-electron chi connectivity index (χ3n) is 11.1. The van der Waals surface area contributed by atoms with Crippen molar-refractivity contribution >= 4 is 23.2 Å². The number of hydrogen-bond acceptors (Lipinski definition) is 13. The predicted octanol–water partition coefficient (Wildman–Crippen LogP) is 3.68. The van der Waals surface area contributed by atoms with Gasteiger partial charge in [-0.3, -0.25) is 14.4 Å². The molecule has 14 nitrogen and oxygen atoms in total. The maximum Gasteiger partial charge on any atom is 0.242 e. The molecule has 2 aromatic rings. The highest BCUT2D eigenvalue weighted by Crippen LogP contribution is 2.52. The van der Waals surface area contributed by atoms with E-state index in [-0.39, 0.29) is 71.1 Å². The molecule has 0 radical (unpaired) electrons. The van der Waals surface area contributed by atoms with E-state index in [1.54, 1.807) is 0 Å². The minimum absolute atomic E-state index is 0.00360. The number of nitrogens with zero attached hydrogens (tertiary/aromatic N) is 1. The van der Waals surface area contributed by atoms with E-state index >= 15 is 0 Å². The summed E-state index contributed by atoms with van der Waals surface area (Å²) in [6, 6.07) is 4.46. The molecule has 7 N–H and O–H groups in total. The Hall–Kier alpha value is -4.18. The van der Waals surface area contributed by atoms with Crippen molar-refractivity contribution in [1.29, 1.82) is 0 Å². The number of aromatic hydroxyl groups is 2. The standard InChI is InChI=1S/C39H49N3O11/c1-20-16-29(53-38(40)21(20)2)52-26-18-39(49,27(19-43)41-42-28(44)14-15-51-22-10-7-5-4-6-8-11-22)17-24-31(26)37(48)33-32(35(24)46)34(45)23-12-9-13-25(50-3)30(23)36(33)47/h7,9-10,12-13,20-22,26,29,38,43,46,48-49H,4-6,8,11,14-19,40H2,1-3H3,(H,42,44)/b10-7+,41-27-/t20-,21-,22?,26+,29?,38+,39+/m1/s1. The second kappa shape index (κ2) is 16.0. The minimum atomic E-state index is -2.07. The van der Waals surface area contributed by atoms with Crippen molar-refractivity contribution in [1.82, 2.24) is 5.43 Å². The van der Waals surface area contributed by atoms with Gasteiger partial charge in [0.1, 0.15) is 29.1 Å². The van der Waals surface area contributed by atoms with Crippen LogP contribution in [0.3, 0.4) is 0 Å². The van der Waals surface area contributed by atoms with Crippen LogP contribution in [-0.2, 0) is 25.4 Å². The third kappa shape index (κ3) is 7.62. The summed E-state index contributed by atoms with van der Waals surface area (Å²) in [5.74, 6) is -3.05. The SMILES string of the molecule is COc1cccc2c1C(=O)c1c(O)c3c(c(O)c1C2=O)C[C@@](O)(/C(CO)=N\NC(=O)CCOC1/C=C/CCCCC1)C[C@@H]3OC1C[C@@H](C)[C@@H](C)[C@@H](N)O1. The number of nitrogens with two attached hydrogens (primary N) is 1. The number of carbonyl (C=O) groups excluding carboxylic acids is 3. The monoisotopic (exact) mass is 735 g/mol. The highest BCUT2D eigenvalue weighted by atomic mass is 16.7. The van der Waals surface area contributed by atoms with E-state index in [1.807, 2.05) is 19.9 Å². The fraction of sp³-hybridized carbons (Fsp3) is 0.538. The largest absolute Gasteiger partial charge is 0.507 e. The first kappa shape index (κ1) is 38.5. The number of carbonyl (C=O) groups is 3. The fourth-order valence-electron chi connectivity index (χ4n) is 7.76. The number of amides is 1. The number of nitrogens with one attached hydrogen (secondary N) is 1. The molecule has 53 heavy (non-hydrogen) atoms. The van der Waals surface area contributed by atoms with Crippen molar-refractivity contribution < 1.29 is 53.8 Å². The quantitative estimate of drug-likeness (QED) is 0.0761. The van der Waals surface area contributed by atoms with Gasteiger partial charge in [-0.25, -0.2) is 5.43 Å². The van der Waals surface area contributed by atoms with Crippen LogP contribution in [0.4, 0.5) is 0 Å². The van der Waals surface area contributed by atoms with Gasteiger partial charge in [-0.05, 0) is 37.2 Å². The van der Waals surface area contributed by atoms with E-state index in [4.69, 9.17) is 24.7 Å². The molecule has 4 aliphatic rings. The normalized spacial score (nSPS) is 29.3. The molecule has 0 aromatic heterocycles. The molecule has 2 aromatic carbocycles. The molecule has 7 atom stereocenters. The first-order valence-corrected chi connectivity index (χ1v) is 18.3. The number of phenolic OH excluding ortho intramolecular Hbond substituents is 2. The Morgan fingerprint density at radius 3 is 2.60 bits per heavy atom. The highest BCUT2D eigenvalue weighted by Gasteiger charge is 2.49. The number of phenols is 2. The molecule has 14 heteroatoms. The van der Waals surface area contributed by atoms with E-state index in [1.165, 1.54) is 25.3 Å². The van der Waals surface area contributed by atoms with Crippen LogP contribution in [-0.4, -0.2) is 88.2 Å². The number of aliphatic hydroxyl groups is 2. The van der Waals surface area contributed by atoms with Crippen molar-refractivity contribution in [2.24, 2.45) is 22.7 Å². The first-order valence-electron chi connectivity index (χ1n) is 18.3. The zero-order valence-corrected chi connectivity index (χ0v) is 30.3. The van der Waals surface area contributed by atoms with E-state index in [2.05, 4.69) is 16.6 Å². The topological polar surface area (TPSA) is 219 Å². The summed E-state index contributed by atoms with van der Waals surface area (Å²) in [5, 5.41) is 50.5. The predicted molar refractivity (Wildman–Crippen MR) is 192 cm³/mol. The minimum Gasteiger partial charge on any atom is -0.507 e. The Balaban J connectivity index is 1.33. The van der Waals surface area contributed by atoms with Crippen molar-refractivity contribution in [3.8, 4) is 17.2 Å². The first-order chi connectivity index (χ1) is 25.4. The number of fused-ring (bicyclic) bond motifs is 3. The molecule has 1 amide bonds. The Bertz CT molecular complexity index is 1800. The Labute approximate surface area is 307 Å². The summed E-state index contributed by atoms with van der Waals surface area (Å²) >= 11 is 0. The highest BCUT2D eigenvalue weighted by molar-refractivity contribution is 6.31. The molecule has 0 spiro atoms. The third-order valence-corrected chi connectivity index (χ3v) is 11.1. The van der Waals surface area contributed by atoms with Crippen LogP contribution >= 0.6 is 0 Å². The van der Waals surface area contributed by atoms with Crippen LogP contribution in [0.2, 0.25) is 0 Å². The van der Waals surface area contributed by atoms with Crippen LogP contribution in [0.25, 0.3) is 0 Å². The van der Waals surface area contributed by atoms with Gasteiger partial charge >= 0.3 is 0 Å². The summed E-state index contributed by atoms with van der Waals surface area (Å²) in [6.07, 6.45) is 5.88. The zero-order valence-electron chi connectivity index (χ0n) is 30.3. The lowest BCUT2D eigenvalue weighted by Crippen LogP contribution is -2.50. The van der Waals surface area contributed by atoms with Gasteiger partial charge in [0.25, 0.3) is 0 Å². The molecule has 1 fully saturated rings. The summed E-state index contributed by atoms with van der Waals surface area (Å²) in [4.78, 5) is 40.7. The maximum atomic E-state index is 14.0. The number of aliphatic hydroxyl groups excluding tert-OH is 1. The van der Waals surface area contributed by atoms with E-state index in [0.29, 0.717) is 6.42 Å². The van der Waals surface area contributed by atoms with Gasteiger partial charge in [-0.2, -0.15) is 5.10 Å². The number of benzene rings is 2. The van der Waals surface area contributed by atoms with Crippen LogP contribution < -0.4 is 15.9 Å². The second-order valence-corrected chi connectivity index (χ2v) is 14.5. The van der Waals surface area contributed by atoms with E-state index < -0.39 is 77.4 Å². The summed E-state index contributed by atoms with van der Waals surface area (Å²) < 4.78 is 23.6. The smallest absolute Gasteiger partial charge is 0.242 e. The number of methoxy groups -OCH3 is 1. The van der Waals surface area contributed by atoms with Gasteiger partial charge in [-0.1, -0.05) is 51.0 Å². The lowest BCUT2D eigenvalue weighted by Gasteiger charge is -2.43. The Kier molecular flexibility index (Phi) is 11.7. The average molecular weight is 736 g/mol. The molecule has 2 unspecified atom stereocenters. The number of hydrazone groups is 1. The van der Waals surface area contributed by atoms with Crippen LogP contribution in [0.5, 0.6) is 17.2 Å². The molecule has 286 valence electrons. The van der Waals surface area contributed by atoms with Crippen molar-refractivity contribution in [2.45, 2.75) is 102 Å². The van der Waals surface area contributed by atoms with Gasteiger partial charge in [0.15, 0.2) is 12.1 Å². The lowest BCUT2D eigenvalue weighted by molar-refractivity contribution is -0.244. The van der Waals surface area contributed by atoms with Crippen LogP contribution in [0, 0.1) is 11.8 Å². The number of ether oxygens (including phenoxy) is 4. The summed E-state index contributed by atoms with van der Waals surface area (Å²) in [6.45, 7) is 3.27. The van der Waals surface area contributed by atoms with Crippen LogP contribution in [0.15, 0.2) is 35.5 Å². The number of ketones is 2.